The summed E-state index contributed by atoms with van der Waals surface area (Å²) < 4.78 is 10.6. The van der Waals surface area contributed by atoms with Gasteiger partial charge in [0, 0.05) is 16.2 Å². The molecule has 0 aromatic heterocycles. The molecule has 0 unspecified atom stereocenters. The zero-order valence-electron chi connectivity index (χ0n) is 9.91. The monoisotopic (exact) mass is 299 g/mol. The summed E-state index contributed by atoms with van der Waals surface area (Å²) in [6.45, 7) is 1.77. The standard InChI is InChI=1S/C12H14BrNO3/c1-8(7-11(15)17-3)14-12-9(13)5-4-6-10(12)16-2/h4-7,14H,1-3H3/b8-7+. The van der Waals surface area contributed by atoms with Crippen molar-refractivity contribution in [3.8, 4) is 5.75 Å². The number of benzene rings is 1. The third-order valence-electron chi connectivity index (χ3n) is 2.05. The Labute approximate surface area is 109 Å². The van der Waals surface area contributed by atoms with Crippen LogP contribution in [0.3, 0.4) is 0 Å². The Morgan fingerprint density at radius 3 is 2.71 bits per heavy atom. The van der Waals surface area contributed by atoms with Crippen molar-refractivity contribution in [2.45, 2.75) is 6.92 Å². The van der Waals surface area contributed by atoms with E-state index in [-0.39, 0.29) is 0 Å². The number of anilines is 1. The lowest BCUT2D eigenvalue weighted by molar-refractivity contribution is -0.134. The van der Waals surface area contributed by atoms with Crippen LogP contribution in [0.2, 0.25) is 0 Å². The van der Waals surface area contributed by atoms with Crippen LogP contribution >= 0.6 is 15.9 Å². The van der Waals surface area contributed by atoms with Gasteiger partial charge in [0.25, 0.3) is 0 Å². The van der Waals surface area contributed by atoms with Gasteiger partial charge in [-0.15, -0.1) is 0 Å². The van der Waals surface area contributed by atoms with Gasteiger partial charge in [0.2, 0.25) is 0 Å². The highest BCUT2D eigenvalue weighted by Crippen LogP contribution is 2.33. The molecule has 4 nitrogen and oxygen atoms in total. The highest BCUT2D eigenvalue weighted by Gasteiger charge is 2.07. The summed E-state index contributed by atoms with van der Waals surface area (Å²) >= 11 is 3.41. The predicted octanol–water partition coefficient (Wildman–Crippen LogP) is 2.95. The van der Waals surface area contributed by atoms with Gasteiger partial charge in [0.15, 0.2) is 0 Å². The highest BCUT2D eigenvalue weighted by atomic mass is 79.9. The van der Waals surface area contributed by atoms with Crippen molar-refractivity contribution >= 4 is 27.6 Å². The maximum absolute atomic E-state index is 11.1. The number of methoxy groups -OCH3 is 2. The van der Waals surface area contributed by atoms with Gasteiger partial charge in [-0.25, -0.2) is 4.79 Å². The fourth-order valence-corrected chi connectivity index (χ4v) is 1.71. The Balaban J connectivity index is 2.95. The van der Waals surface area contributed by atoms with Gasteiger partial charge in [-0.1, -0.05) is 6.07 Å². The molecule has 0 fully saturated rings. The number of hydrogen-bond donors (Lipinski definition) is 1. The maximum atomic E-state index is 11.1. The average molecular weight is 300 g/mol. The topological polar surface area (TPSA) is 47.6 Å². The Kier molecular flexibility index (Phi) is 5.03. The smallest absolute Gasteiger partial charge is 0.332 e. The van der Waals surface area contributed by atoms with Crippen molar-refractivity contribution in [2.24, 2.45) is 0 Å². The first-order valence-electron chi connectivity index (χ1n) is 4.94. The lowest BCUT2D eigenvalue weighted by Crippen LogP contribution is -2.03. The van der Waals surface area contributed by atoms with Crippen LogP contribution in [-0.2, 0) is 9.53 Å². The number of ether oxygens (including phenoxy) is 2. The lowest BCUT2D eigenvalue weighted by atomic mass is 10.2. The molecule has 0 saturated heterocycles. The molecule has 0 aliphatic rings. The van der Waals surface area contributed by atoms with Crippen molar-refractivity contribution in [1.82, 2.24) is 0 Å². The third-order valence-corrected chi connectivity index (χ3v) is 2.71. The molecule has 0 aliphatic heterocycles. The van der Waals surface area contributed by atoms with E-state index >= 15 is 0 Å². The van der Waals surface area contributed by atoms with Crippen LogP contribution in [0, 0.1) is 0 Å². The molecule has 0 amide bonds. The lowest BCUT2D eigenvalue weighted by Gasteiger charge is -2.12. The molecule has 0 atom stereocenters. The molecule has 1 rings (SSSR count). The second kappa shape index (κ2) is 6.30. The third kappa shape index (κ3) is 3.78. The van der Waals surface area contributed by atoms with Crippen LogP contribution in [0.15, 0.2) is 34.4 Å². The number of nitrogens with one attached hydrogen (secondary N) is 1. The van der Waals surface area contributed by atoms with Gasteiger partial charge < -0.3 is 14.8 Å². The second-order valence-electron chi connectivity index (χ2n) is 3.29. The molecule has 0 radical (unpaired) electrons. The minimum absolute atomic E-state index is 0.402. The zero-order valence-corrected chi connectivity index (χ0v) is 11.5. The molecule has 0 spiro atoms. The van der Waals surface area contributed by atoms with E-state index in [1.807, 2.05) is 18.2 Å². The fourth-order valence-electron chi connectivity index (χ4n) is 1.26. The molecule has 0 saturated carbocycles. The van der Waals surface area contributed by atoms with Crippen LogP contribution in [-0.4, -0.2) is 20.2 Å². The van der Waals surface area contributed by atoms with Crippen molar-refractivity contribution in [3.05, 3.63) is 34.4 Å². The minimum atomic E-state index is -0.402. The molecule has 1 aromatic rings. The van der Waals surface area contributed by atoms with Crippen LogP contribution in [0.1, 0.15) is 6.92 Å². The van der Waals surface area contributed by atoms with Crippen LogP contribution in [0.5, 0.6) is 5.75 Å². The number of carbonyl (C=O) groups excluding carboxylic acids is 1. The first-order valence-corrected chi connectivity index (χ1v) is 5.73. The van der Waals surface area contributed by atoms with E-state index in [1.54, 1.807) is 14.0 Å². The van der Waals surface area contributed by atoms with Crippen molar-refractivity contribution < 1.29 is 14.3 Å². The summed E-state index contributed by atoms with van der Waals surface area (Å²) in [5, 5.41) is 3.08. The molecule has 92 valence electrons. The molecule has 1 aromatic carbocycles. The second-order valence-corrected chi connectivity index (χ2v) is 4.15. The largest absolute Gasteiger partial charge is 0.495 e. The fraction of sp³-hybridized carbons (Fsp3) is 0.250. The quantitative estimate of drug-likeness (QED) is 0.686. The van der Waals surface area contributed by atoms with E-state index in [1.165, 1.54) is 13.2 Å². The molecule has 1 N–H and O–H groups in total. The Hall–Kier alpha value is -1.49. The number of carbonyl (C=O) groups is 1. The Morgan fingerprint density at radius 2 is 2.12 bits per heavy atom. The number of para-hydroxylation sites is 1. The summed E-state index contributed by atoms with van der Waals surface area (Å²) in [5.41, 5.74) is 1.44. The van der Waals surface area contributed by atoms with Gasteiger partial charge in [0.1, 0.15) is 5.75 Å². The number of allylic oxidation sites excluding steroid dienone is 1. The Bertz CT molecular complexity index is 443. The van der Waals surface area contributed by atoms with Crippen molar-refractivity contribution in [2.75, 3.05) is 19.5 Å². The van der Waals surface area contributed by atoms with Gasteiger partial charge in [-0.3, -0.25) is 0 Å². The number of rotatable bonds is 4. The summed E-state index contributed by atoms with van der Waals surface area (Å²) in [6.07, 6.45) is 1.37. The molecule has 0 heterocycles. The summed E-state index contributed by atoms with van der Waals surface area (Å²) in [4.78, 5) is 11.1. The van der Waals surface area contributed by atoms with Crippen molar-refractivity contribution in [1.29, 1.82) is 0 Å². The van der Waals surface area contributed by atoms with E-state index in [4.69, 9.17) is 4.74 Å². The van der Waals surface area contributed by atoms with Crippen LogP contribution in [0.4, 0.5) is 5.69 Å². The number of esters is 1. The Morgan fingerprint density at radius 1 is 1.41 bits per heavy atom. The maximum Gasteiger partial charge on any atom is 0.332 e. The average Bonchev–Trinajstić information content (AvgIpc) is 2.31. The van der Waals surface area contributed by atoms with Crippen molar-refractivity contribution in [3.63, 3.8) is 0 Å². The summed E-state index contributed by atoms with van der Waals surface area (Å²) in [7, 11) is 2.93. The predicted molar refractivity (Wildman–Crippen MR) is 70.1 cm³/mol. The van der Waals surface area contributed by atoms with Crippen LogP contribution < -0.4 is 10.1 Å². The summed E-state index contributed by atoms with van der Waals surface area (Å²) in [5.74, 6) is 0.290. The first-order chi connectivity index (χ1) is 8.08. The minimum Gasteiger partial charge on any atom is -0.495 e. The molecule has 0 aliphatic carbocycles. The van der Waals surface area contributed by atoms with Gasteiger partial charge >= 0.3 is 5.97 Å². The first kappa shape index (κ1) is 13.6. The van der Waals surface area contributed by atoms with Crippen LogP contribution in [0.25, 0.3) is 0 Å². The SMILES string of the molecule is COC(=O)/C=C(\C)Nc1c(Br)cccc1OC. The highest BCUT2D eigenvalue weighted by molar-refractivity contribution is 9.10. The molecule has 17 heavy (non-hydrogen) atoms. The van der Waals surface area contributed by atoms with E-state index in [9.17, 15) is 4.79 Å². The van der Waals surface area contributed by atoms with Gasteiger partial charge in [-0.2, -0.15) is 0 Å². The molecule has 5 heteroatoms. The molecular weight excluding hydrogens is 286 g/mol. The van der Waals surface area contributed by atoms with E-state index in [0.29, 0.717) is 11.4 Å². The number of halogens is 1. The van der Waals surface area contributed by atoms with E-state index in [0.717, 1.165) is 10.2 Å². The molecule has 0 bridgehead atoms. The normalized spacial score (nSPS) is 10.9. The number of hydrogen-bond acceptors (Lipinski definition) is 4. The zero-order chi connectivity index (χ0) is 12.8. The summed E-state index contributed by atoms with van der Waals surface area (Å²) in [6, 6.07) is 5.59. The molecular formula is C12H14BrNO3. The van der Waals surface area contributed by atoms with Gasteiger partial charge in [0.05, 0.1) is 19.9 Å². The van der Waals surface area contributed by atoms with E-state index in [2.05, 4.69) is 26.0 Å². The van der Waals surface area contributed by atoms with E-state index < -0.39 is 5.97 Å². The van der Waals surface area contributed by atoms with Gasteiger partial charge in [-0.05, 0) is 35.0 Å².